The Labute approximate surface area is 206 Å². The molecule has 0 bridgehead atoms. The van der Waals surface area contributed by atoms with Crippen LogP contribution in [0.5, 0.6) is 5.75 Å². The summed E-state index contributed by atoms with van der Waals surface area (Å²) < 4.78 is 5.51. The van der Waals surface area contributed by atoms with E-state index in [1.807, 2.05) is 96.9 Å². The van der Waals surface area contributed by atoms with Crippen molar-refractivity contribution in [1.82, 2.24) is 9.80 Å². The highest BCUT2D eigenvalue weighted by molar-refractivity contribution is 5.87. The van der Waals surface area contributed by atoms with E-state index in [0.29, 0.717) is 31.8 Å². The zero-order valence-electron chi connectivity index (χ0n) is 20.0. The molecule has 1 fully saturated rings. The number of hydrogen-bond donors (Lipinski definition) is 1. The first kappa shape index (κ1) is 24.6. The third kappa shape index (κ3) is 6.15. The number of aliphatic hydroxyl groups excluding tert-OH is 1. The van der Waals surface area contributed by atoms with E-state index in [-0.39, 0.29) is 30.9 Å². The van der Waals surface area contributed by atoms with E-state index in [1.165, 1.54) is 0 Å². The van der Waals surface area contributed by atoms with Crippen molar-refractivity contribution in [1.29, 1.82) is 0 Å². The van der Waals surface area contributed by atoms with Crippen LogP contribution in [0.4, 0.5) is 0 Å². The molecule has 1 unspecified atom stereocenters. The first-order valence-electron chi connectivity index (χ1n) is 12.0. The van der Waals surface area contributed by atoms with Gasteiger partial charge in [0.1, 0.15) is 18.1 Å². The van der Waals surface area contributed by atoms with Gasteiger partial charge in [0.05, 0.1) is 25.1 Å². The van der Waals surface area contributed by atoms with Crippen molar-refractivity contribution in [3.05, 3.63) is 102 Å². The van der Waals surface area contributed by atoms with Crippen molar-refractivity contribution in [2.24, 2.45) is 0 Å². The highest BCUT2D eigenvalue weighted by Crippen LogP contribution is 2.31. The van der Waals surface area contributed by atoms with Crippen molar-refractivity contribution in [2.45, 2.75) is 18.4 Å². The minimum absolute atomic E-state index is 0.00136. The van der Waals surface area contributed by atoms with E-state index >= 15 is 0 Å². The molecule has 0 spiro atoms. The van der Waals surface area contributed by atoms with Crippen molar-refractivity contribution >= 4 is 11.7 Å². The monoisotopic (exact) mass is 472 g/mol. The molecule has 4 rings (SSSR count). The first-order chi connectivity index (χ1) is 17.1. The van der Waals surface area contributed by atoms with Crippen LogP contribution >= 0.6 is 0 Å². The third-order valence-electron chi connectivity index (χ3n) is 6.49. The fraction of sp³-hybridized carbons (Fsp3) is 0.310. The maximum Gasteiger partial charge on any atom is 0.234 e. The lowest BCUT2D eigenvalue weighted by atomic mass is 9.89. The molecule has 1 saturated heterocycles. The number of ketones is 1. The molecule has 1 amide bonds. The van der Waals surface area contributed by atoms with E-state index in [9.17, 15) is 9.59 Å². The van der Waals surface area contributed by atoms with Gasteiger partial charge in [-0.3, -0.25) is 14.5 Å². The predicted molar refractivity (Wildman–Crippen MR) is 135 cm³/mol. The summed E-state index contributed by atoms with van der Waals surface area (Å²) in [5, 5.41) is 9.02. The second-order valence-corrected chi connectivity index (χ2v) is 8.88. The summed E-state index contributed by atoms with van der Waals surface area (Å²) in [6.07, 6.45) is 0.551. The van der Waals surface area contributed by atoms with Gasteiger partial charge >= 0.3 is 0 Å². The highest BCUT2D eigenvalue weighted by Gasteiger charge is 2.32. The summed E-state index contributed by atoms with van der Waals surface area (Å²) in [6.45, 7) is 1.87. The summed E-state index contributed by atoms with van der Waals surface area (Å²) in [7, 11) is 1.85. The van der Waals surface area contributed by atoms with Gasteiger partial charge < -0.3 is 14.7 Å². The maximum atomic E-state index is 14.1. The number of carbonyl (C=O) groups is 2. The Morgan fingerprint density at radius 3 is 2.06 bits per heavy atom. The van der Waals surface area contributed by atoms with Crippen LogP contribution in [0.25, 0.3) is 0 Å². The third-order valence-corrected chi connectivity index (χ3v) is 6.49. The van der Waals surface area contributed by atoms with Crippen LogP contribution in [0, 0.1) is 0 Å². The van der Waals surface area contributed by atoms with Gasteiger partial charge in [-0.25, -0.2) is 0 Å². The topological polar surface area (TPSA) is 70.1 Å². The van der Waals surface area contributed by atoms with Crippen LogP contribution in [-0.4, -0.2) is 66.5 Å². The van der Waals surface area contributed by atoms with E-state index < -0.39 is 5.92 Å². The predicted octanol–water partition coefficient (Wildman–Crippen LogP) is 3.66. The Balaban J connectivity index is 1.65. The maximum absolute atomic E-state index is 14.1. The molecular formula is C29H32N2O4. The van der Waals surface area contributed by atoms with Crippen LogP contribution in [0.1, 0.15) is 35.1 Å². The summed E-state index contributed by atoms with van der Waals surface area (Å²) in [6, 6.07) is 27.1. The molecule has 1 aliphatic heterocycles. The Morgan fingerprint density at radius 1 is 0.943 bits per heavy atom. The fourth-order valence-electron chi connectivity index (χ4n) is 4.62. The number of Topliss-reactive ketones (excluding diaryl/α,β-unsaturated/α-hetero) is 1. The van der Waals surface area contributed by atoms with Crippen LogP contribution in [0.15, 0.2) is 84.9 Å². The minimum Gasteiger partial charge on any atom is -0.491 e. The number of likely N-dealkylation sites (tertiary alicyclic amines) is 1. The number of rotatable bonds is 10. The van der Waals surface area contributed by atoms with Gasteiger partial charge in [-0.05, 0) is 28.8 Å². The number of ether oxygens (including phenoxy) is 1. The second kappa shape index (κ2) is 11.8. The van der Waals surface area contributed by atoms with Crippen LogP contribution in [-0.2, 0) is 9.59 Å². The van der Waals surface area contributed by atoms with Crippen molar-refractivity contribution in [3.63, 3.8) is 0 Å². The molecule has 0 aromatic heterocycles. The number of amides is 1. The molecule has 1 heterocycles. The minimum atomic E-state index is -0.433. The molecule has 1 N–H and O–H groups in total. The summed E-state index contributed by atoms with van der Waals surface area (Å²) in [4.78, 5) is 30.0. The normalized spacial score (nSPS) is 14.8. The van der Waals surface area contributed by atoms with Crippen molar-refractivity contribution < 1.29 is 19.4 Å². The first-order valence-corrected chi connectivity index (χ1v) is 12.0. The smallest absolute Gasteiger partial charge is 0.234 e. The lowest BCUT2D eigenvalue weighted by Gasteiger charge is -2.34. The Kier molecular flexibility index (Phi) is 8.29. The molecule has 3 aromatic carbocycles. The average Bonchev–Trinajstić information content (AvgIpc) is 3.32. The molecule has 0 saturated carbocycles. The molecule has 6 heteroatoms. The van der Waals surface area contributed by atoms with Crippen LogP contribution < -0.4 is 4.74 Å². The van der Waals surface area contributed by atoms with Gasteiger partial charge in [0.2, 0.25) is 5.91 Å². The molecule has 1 aliphatic rings. The number of carbonyl (C=O) groups excluding carboxylic acids is 2. The average molecular weight is 473 g/mol. The standard InChI is InChI=1S/C29H32N2O4/c1-30(29(34)28(23-8-4-2-5-9-23)24-10-6-3-7-11-24)27(21-31-17-16-25(33)20-31)22-12-14-26(15-13-22)35-19-18-32/h2-15,27-28,32H,16-21H2,1H3. The van der Waals surface area contributed by atoms with Crippen LogP contribution in [0.3, 0.4) is 0 Å². The lowest BCUT2D eigenvalue weighted by molar-refractivity contribution is -0.133. The van der Waals surface area contributed by atoms with E-state index in [2.05, 4.69) is 4.90 Å². The van der Waals surface area contributed by atoms with Crippen LogP contribution in [0.2, 0.25) is 0 Å². The summed E-state index contributed by atoms with van der Waals surface area (Å²) in [5.74, 6) is 0.464. The number of benzene rings is 3. The fourth-order valence-corrected chi connectivity index (χ4v) is 4.62. The Bertz CT molecular complexity index is 1060. The molecule has 0 aliphatic carbocycles. The van der Waals surface area contributed by atoms with Gasteiger partial charge in [-0.2, -0.15) is 0 Å². The quantitative estimate of drug-likeness (QED) is 0.488. The summed E-state index contributed by atoms with van der Waals surface area (Å²) >= 11 is 0. The molecule has 3 aromatic rings. The molecule has 182 valence electrons. The molecule has 6 nitrogen and oxygen atoms in total. The Morgan fingerprint density at radius 2 is 1.54 bits per heavy atom. The second-order valence-electron chi connectivity index (χ2n) is 8.88. The van der Waals surface area contributed by atoms with E-state index in [1.54, 1.807) is 0 Å². The van der Waals surface area contributed by atoms with E-state index in [4.69, 9.17) is 9.84 Å². The van der Waals surface area contributed by atoms with Gasteiger partial charge in [-0.1, -0.05) is 72.8 Å². The zero-order chi connectivity index (χ0) is 24.6. The number of nitrogens with zero attached hydrogens (tertiary/aromatic N) is 2. The lowest BCUT2D eigenvalue weighted by Crippen LogP contribution is -2.41. The summed E-state index contributed by atoms with van der Waals surface area (Å²) in [5.41, 5.74) is 2.85. The SMILES string of the molecule is CN(C(=O)C(c1ccccc1)c1ccccc1)C(CN1CCC(=O)C1)c1ccc(OCCO)cc1. The number of aliphatic hydroxyl groups is 1. The zero-order valence-corrected chi connectivity index (χ0v) is 20.0. The van der Waals surface area contributed by atoms with E-state index in [0.717, 1.165) is 16.7 Å². The largest absolute Gasteiger partial charge is 0.491 e. The van der Waals surface area contributed by atoms with Gasteiger partial charge in [0.25, 0.3) is 0 Å². The Hall–Kier alpha value is -3.48. The van der Waals surface area contributed by atoms with Gasteiger partial charge in [0, 0.05) is 26.6 Å². The molecular weight excluding hydrogens is 440 g/mol. The number of likely N-dealkylation sites (N-methyl/N-ethyl adjacent to an activating group) is 1. The van der Waals surface area contributed by atoms with Crippen molar-refractivity contribution in [2.75, 3.05) is 39.9 Å². The molecule has 35 heavy (non-hydrogen) atoms. The molecule has 0 radical (unpaired) electrons. The van der Waals surface area contributed by atoms with Gasteiger partial charge in [0.15, 0.2) is 0 Å². The number of hydrogen-bond acceptors (Lipinski definition) is 5. The highest BCUT2D eigenvalue weighted by atomic mass is 16.5. The van der Waals surface area contributed by atoms with Gasteiger partial charge in [-0.15, -0.1) is 0 Å². The molecule has 1 atom stereocenters. The van der Waals surface area contributed by atoms with Crippen molar-refractivity contribution in [3.8, 4) is 5.75 Å².